The Labute approximate surface area is 141 Å². The summed E-state index contributed by atoms with van der Waals surface area (Å²) < 4.78 is 0. The van der Waals surface area contributed by atoms with Gasteiger partial charge in [0.15, 0.2) is 0 Å². The van der Waals surface area contributed by atoms with Gasteiger partial charge in [0.2, 0.25) is 0 Å². The second-order valence-corrected chi connectivity index (χ2v) is 8.38. The lowest BCUT2D eigenvalue weighted by molar-refractivity contribution is 0.507. The van der Waals surface area contributed by atoms with Crippen LogP contribution in [0.2, 0.25) is 0 Å². The minimum atomic E-state index is 0.891. The van der Waals surface area contributed by atoms with Gasteiger partial charge < -0.3 is 0 Å². The van der Waals surface area contributed by atoms with Crippen LogP contribution in [0.3, 0.4) is 0 Å². The summed E-state index contributed by atoms with van der Waals surface area (Å²) in [6.45, 7) is 4.67. The Balaban J connectivity index is 1.75. The van der Waals surface area contributed by atoms with Crippen LogP contribution in [0.15, 0.2) is 30.3 Å². The van der Waals surface area contributed by atoms with E-state index in [1.165, 1.54) is 82.1 Å². The molecular weight excluding hydrogens is 283 g/mol. The van der Waals surface area contributed by atoms with Crippen LogP contribution in [0.25, 0.3) is 0 Å². The van der Waals surface area contributed by atoms with E-state index in [-0.39, 0.29) is 0 Å². The van der Waals surface area contributed by atoms with Gasteiger partial charge in [-0.1, -0.05) is 102 Å². The molecule has 1 unspecified atom stereocenters. The maximum Gasteiger partial charge on any atom is -0.0101 e. The van der Waals surface area contributed by atoms with Gasteiger partial charge in [0.1, 0.15) is 0 Å². The number of hydrogen-bond acceptors (Lipinski definition) is 0. The van der Waals surface area contributed by atoms with Gasteiger partial charge in [0.25, 0.3) is 0 Å². The van der Waals surface area contributed by atoms with Crippen molar-refractivity contribution in [2.75, 3.05) is 6.16 Å². The standard InChI is InChI=1S/C21H37P/c1-20(2)15-11-8-6-4-3-5-7-9-14-18-22-19-21-16-12-10-13-17-21/h10,12-13,16-17,20,22H,3-9,11,14-15,18-19H2,1-2H3. The van der Waals surface area contributed by atoms with Crippen molar-refractivity contribution in [3.63, 3.8) is 0 Å². The summed E-state index contributed by atoms with van der Waals surface area (Å²) in [6, 6.07) is 10.9. The van der Waals surface area contributed by atoms with Crippen molar-refractivity contribution in [3.8, 4) is 0 Å². The van der Waals surface area contributed by atoms with Crippen molar-refractivity contribution in [2.45, 2.75) is 84.2 Å². The molecule has 0 radical (unpaired) electrons. The van der Waals surface area contributed by atoms with Gasteiger partial charge in [-0.15, -0.1) is 8.58 Å². The third kappa shape index (κ3) is 12.2. The van der Waals surface area contributed by atoms with Gasteiger partial charge in [0, 0.05) is 0 Å². The Hall–Kier alpha value is -0.350. The predicted molar refractivity (Wildman–Crippen MR) is 104 cm³/mol. The van der Waals surface area contributed by atoms with E-state index in [9.17, 15) is 0 Å². The summed E-state index contributed by atoms with van der Waals surface area (Å²) in [5.41, 5.74) is 1.51. The molecule has 126 valence electrons. The maximum absolute atomic E-state index is 2.33. The monoisotopic (exact) mass is 320 g/mol. The molecule has 0 fully saturated rings. The lowest BCUT2D eigenvalue weighted by Gasteiger charge is -2.05. The molecule has 0 heterocycles. The van der Waals surface area contributed by atoms with Gasteiger partial charge in [-0.05, 0) is 30.2 Å². The highest BCUT2D eigenvalue weighted by atomic mass is 31.1. The van der Waals surface area contributed by atoms with E-state index >= 15 is 0 Å². The average Bonchev–Trinajstić information content (AvgIpc) is 2.52. The summed E-state index contributed by atoms with van der Waals surface area (Å²) in [5, 5.41) is 0. The first-order valence-corrected chi connectivity index (χ1v) is 10.9. The predicted octanol–water partition coefficient (Wildman–Crippen LogP) is 7.42. The number of unbranched alkanes of at least 4 members (excludes halogenated alkanes) is 8. The van der Waals surface area contributed by atoms with Crippen LogP contribution >= 0.6 is 8.58 Å². The molecule has 0 nitrogen and oxygen atoms in total. The Morgan fingerprint density at radius 3 is 1.86 bits per heavy atom. The zero-order valence-electron chi connectivity index (χ0n) is 14.9. The smallest absolute Gasteiger partial charge is 0.0101 e. The molecular formula is C21H37P. The molecule has 1 aromatic carbocycles. The first-order valence-electron chi connectivity index (χ1n) is 9.53. The molecule has 0 bridgehead atoms. The van der Waals surface area contributed by atoms with E-state index in [0.717, 1.165) is 14.5 Å². The summed E-state index contributed by atoms with van der Waals surface area (Å²) >= 11 is 0. The third-order valence-electron chi connectivity index (χ3n) is 4.31. The van der Waals surface area contributed by atoms with Crippen molar-refractivity contribution >= 4 is 8.58 Å². The molecule has 0 amide bonds. The highest BCUT2D eigenvalue weighted by molar-refractivity contribution is 7.37. The molecule has 22 heavy (non-hydrogen) atoms. The van der Waals surface area contributed by atoms with Crippen LogP contribution < -0.4 is 0 Å². The second kappa shape index (κ2) is 14.3. The molecule has 0 aliphatic rings. The zero-order valence-corrected chi connectivity index (χ0v) is 15.9. The van der Waals surface area contributed by atoms with Crippen LogP contribution in [0.1, 0.15) is 83.6 Å². The molecule has 0 aliphatic heterocycles. The van der Waals surface area contributed by atoms with Crippen LogP contribution in [0.4, 0.5) is 0 Å². The molecule has 1 atom stereocenters. The zero-order chi connectivity index (χ0) is 15.9. The fraction of sp³-hybridized carbons (Fsp3) is 0.714. The van der Waals surface area contributed by atoms with Crippen molar-refractivity contribution in [2.24, 2.45) is 5.92 Å². The first-order chi connectivity index (χ1) is 10.8. The summed E-state index contributed by atoms with van der Waals surface area (Å²) in [5.74, 6) is 0.891. The normalized spacial score (nSPS) is 11.8. The lowest BCUT2D eigenvalue weighted by atomic mass is 10.0. The summed E-state index contributed by atoms with van der Waals surface area (Å²) in [4.78, 5) is 0. The molecule has 1 rings (SSSR count). The number of hydrogen-bond donors (Lipinski definition) is 0. The summed E-state index contributed by atoms with van der Waals surface area (Å²) in [7, 11) is 1.12. The number of rotatable bonds is 14. The minimum Gasteiger partial charge on any atom is -0.118 e. The Morgan fingerprint density at radius 2 is 1.27 bits per heavy atom. The largest absolute Gasteiger partial charge is 0.118 e. The highest BCUT2D eigenvalue weighted by Crippen LogP contribution is 2.21. The van der Waals surface area contributed by atoms with E-state index in [4.69, 9.17) is 0 Å². The lowest BCUT2D eigenvalue weighted by Crippen LogP contribution is -1.87. The third-order valence-corrected chi connectivity index (χ3v) is 5.67. The van der Waals surface area contributed by atoms with Crippen LogP contribution in [-0.4, -0.2) is 6.16 Å². The van der Waals surface area contributed by atoms with Crippen LogP contribution in [-0.2, 0) is 6.16 Å². The molecule has 0 spiro atoms. The fourth-order valence-corrected chi connectivity index (χ4v) is 4.07. The van der Waals surface area contributed by atoms with Gasteiger partial charge in [-0.25, -0.2) is 0 Å². The van der Waals surface area contributed by atoms with Crippen LogP contribution in [0.5, 0.6) is 0 Å². The molecule has 0 N–H and O–H groups in total. The SMILES string of the molecule is CC(C)CCCCCCCCCCCPCc1ccccc1. The molecule has 0 saturated carbocycles. The topological polar surface area (TPSA) is 0 Å². The van der Waals surface area contributed by atoms with Crippen molar-refractivity contribution in [1.82, 2.24) is 0 Å². The van der Waals surface area contributed by atoms with Gasteiger partial charge in [-0.3, -0.25) is 0 Å². The average molecular weight is 321 g/mol. The molecule has 1 aromatic rings. The van der Waals surface area contributed by atoms with E-state index in [1.54, 1.807) is 0 Å². The van der Waals surface area contributed by atoms with Gasteiger partial charge in [-0.2, -0.15) is 0 Å². The molecule has 0 saturated heterocycles. The van der Waals surface area contributed by atoms with E-state index < -0.39 is 0 Å². The van der Waals surface area contributed by atoms with E-state index in [2.05, 4.69) is 44.2 Å². The fourth-order valence-electron chi connectivity index (χ4n) is 2.87. The molecule has 1 heteroatoms. The molecule has 0 aliphatic carbocycles. The van der Waals surface area contributed by atoms with Crippen molar-refractivity contribution in [1.29, 1.82) is 0 Å². The van der Waals surface area contributed by atoms with Gasteiger partial charge in [0.05, 0.1) is 0 Å². The number of benzene rings is 1. The first kappa shape index (κ1) is 19.7. The highest BCUT2D eigenvalue weighted by Gasteiger charge is 1.96. The maximum atomic E-state index is 2.33. The summed E-state index contributed by atoms with van der Waals surface area (Å²) in [6.07, 6.45) is 17.3. The van der Waals surface area contributed by atoms with Gasteiger partial charge >= 0.3 is 0 Å². The Bertz CT molecular complexity index is 331. The Kier molecular flexibility index (Phi) is 12.8. The van der Waals surface area contributed by atoms with Crippen LogP contribution in [0, 0.1) is 5.92 Å². The van der Waals surface area contributed by atoms with E-state index in [0.29, 0.717) is 0 Å². The minimum absolute atomic E-state index is 0.891. The molecule has 0 aromatic heterocycles. The van der Waals surface area contributed by atoms with Crippen molar-refractivity contribution < 1.29 is 0 Å². The van der Waals surface area contributed by atoms with E-state index in [1.807, 2.05) is 0 Å². The quantitative estimate of drug-likeness (QED) is 0.247. The second-order valence-electron chi connectivity index (χ2n) is 7.03. The Morgan fingerprint density at radius 1 is 0.727 bits per heavy atom. The van der Waals surface area contributed by atoms with Crippen molar-refractivity contribution in [3.05, 3.63) is 35.9 Å².